The quantitative estimate of drug-likeness (QED) is 0.570. The summed E-state index contributed by atoms with van der Waals surface area (Å²) in [5, 5.41) is 5.27. The molecule has 1 fully saturated rings. The largest absolute Gasteiger partial charge is 0.342 e. The van der Waals surface area contributed by atoms with Crippen molar-refractivity contribution >= 4 is 26.6 Å². The third-order valence-corrected chi connectivity index (χ3v) is 2.52. The molecule has 2 rings (SSSR count). The van der Waals surface area contributed by atoms with Crippen molar-refractivity contribution in [1.82, 2.24) is 9.91 Å². The zero-order chi connectivity index (χ0) is 8.88. The molecule has 2 atom stereocenters. The van der Waals surface area contributed by atoms with Crippen LogP contribution in [0.15, 0.2) is 5.10 Å². The fourth-order valence-corrected chi connectivity index (χ4v) is 1.73. The highest BCUT2D eigenvalue weighted by Gasteiger charge is 2.50. The SMILES string of the molecule is CN1N=C(Br)C2OC2N(C)C1=O. The van der Waals surface area contributed by atoms with E-state index in [1.54, 1.807) is 14.1 Å². The first-order valence-corrected chi connectivity index (χ1v) is 4.30. The van der Waals surface area contributed by atoms with Gasteiger partial charge in [-0.15, -0.1) is 0 Å². The molecule has 0 aromatic carbocycles. The summed E-state index contributed by atoms with van der Waals surface area (Å²) in [6, 6.07) is -0.156. The number of urea groups is 1. The molecule has 2 amide bonds. The number of halogens is 1. The lowest BCUT2D eigenvalue weighted by atomic mass is 10.4. The number of ether oxygens (including phenoxy) is 1. The highest BCUT2D eigenvalue weighted by molar-refractivity contribution is 9.18. The molecule has 12 heavy (non-hydrogen) atoms. The van der Waals surface area contributed by atoms with Gasteiger partial charge in [0.05, 0.1) is 0 Å². The van der Waals surface area contributed by atoms with Crippen LogP contribution in [0.2, 0.25) is 0 Å². The summed E-state index contributed by atoms with van der Waals surface area (Å²) in [5.74, 6) is 0. The van der Waals surface area contributed by atoms with Gasteiger partial charge in [0.25, 0.3) is 0 Å². The predicted molar refractivity (Wildman–Crippen MR) is 45.9 cm³/mol. The van der Waals surface area contributed by atoms with Crippen LogP contribution in [-0.2, 0) is 4.74 Å². The van der Waals surface area contributed by atoms with E-state index in [1.165, 1.54) is 9.91 Å². The smallest absolute Gasteiger partial charge is 0.340 e. The van der Waals surface area contributed by atoms with Crippen LogP contribution < -0.4 is 0 Å². The van der Waals surface area contributed by atoms with Crippen molar-refractivity contribution < 1.29 is 9.53 Å². The number of amides is 2. The molecule has 0 spiro atoms. The second-order valence-corrected chi connectivity index (χ2v) is 3.60. The molecule has 0 bridgehead atoms. The molecule has 2 heterocycles. The fraction of sp³-hybridized carbons (Fsp3) is 0.667. The summed E-state index contributed by atoms with van der Waals surface area (Å²) >= 11 is 3.25. The van der Waals surface area contributed by atoms with E-state index in [2.05, 4.69) is 21.0 Å². The highest BCUT2D eigenvalue weighted by Crippen LogP contribution is 2.31. The van der Waals surface area contributed by atoms with Crippen molar-refractivity contribution in [3.63, 3.8) is 0 Å². The topological polar surface area (TPSA) is 48.4 Å². The fourth-order valence-electron chi connectivity index (χ4n) is 1.15. The van der Waals surface area contributed by atoms with Gasteiger partial charge < -0.3 is 4.74 Å². The Labute approximate surface area is 78.1 Å². The second-order valence-electron chi connectivity index (χ2n) is 2.79. The third-order valence-electron chi connectivity index (χ3n) is 1.91. The molecular weight excluding hydrogens is 226 g/mol. The van der Waals surface area contributed by atoms with Crippen LogP contribution in [0.5, 0.6) is 0 Å². The molecule has 2 aliphatic heterocycles. The van der Waals surface area contributed by atoms with E-state index in [0.29, 0.717) is 4.62 Å². The minimum absolute atomic E-state index is 0.0658. The first-order chi connectivity index (χ1) is 5.61. The summed E-state index contributed by atoms with van der Waals surface area (Å²) in [4.78, 5) is 12.9. The number of likely N-dealkylation sites (N-methyl/N-ethyl adjacent to an activating group) is 1. The van der Waals surface area contributed by atoms with E-state index in [1.807, 2.05) is 0 Å². The molecule has 2 aliphatic rings. The molecule has 1 saturated heterocycles. The lowest BCUT2D eigenvalue weighted by molar-refractivity contribution is 0.151. The zero-order valence-corrected chi connectivity index (χ0v) is 8.28. The molecule has 0 aromatic rings. The zero-order valence-electron chi connectivity index (χ0n) is 6.69. The van der Waals surface area contributed by atoms with Gasteiger partial charge in [-0.2, -0.15) is 5.10 Å². The van der Waals surface area contributed by atoms with E-state index >= 15 is 0 Å². The van der Waals surface area contributed by atoms with Crippen LogP contribution in [0.3, 0.4) is 0 Å². The Balaban J connectivity index is 2.28. The normalized spacial score (nSPS) is 34.2. The number of fused-ring (bicyclic) bond motifs is 1. The maximum atomic E-state index is 11.4. The van der Waals surface area contributed by atoms with Crippen LogP contribution in [0, 0.1) is 0 Å². The minimum Gasteiger partial charge on any atom is -0.340 e. The average molecular weight is 234 g/mol. The van der Waals surface area contributed by atoms with Crippen LogP contribution in [0.25, 0.3) is 0 Å². The molecule has 5 nitrogen and oxygen atoms in total. The van der Waals surface area contributed by atoms with Crippen LogP contribution >= 0.6 is 15.9 Å². The number of hydrogen-bond acceptors (Lipinski definition) is 3. The summed E-state index contributed by atoms with van der Waals surface area (Å²) in [6.07, 6.45) is -0.204. The highest BCUT2D eigenvalue weighted by atomic mass is 79.9. The Bertz CT molecular complexity index is 268. The standard InChI is InChI=1S/C6H8BrN3O2/c1-9-5-3(12-5)4(7)8-10(2)6(9)11/h3,5H,1-2H3. The first kappa shape index (κ1) is 8.00. The Morgan fingerprint density at radius 1 is 1.58 bits per heavy atom. The van der Waals surface area contributed by atoms with Crippen molar-refractivity contribution in [3.05, 3.63) is 0 Å². The summed E-state index contributed by atoms with van der Waals surface area (Å²) in [7, 11) is 3.31. The maximum absolute atomic E-state index is 11.4. The van der Waals surface area contributed by atoms with Gasteiger partial charge in [-0.25, -0.2) is 9.80 Å². The Hall–Kier alpha value is -0.620. The average Bonchev–Trinajstić information content (AvgIpc) is 2.79. The van der Waals surface area contributed by atoms with Gasteiger partial charge in [0, 0.05) is 14.1 Å². The van der Waals surface area contributed by atoms with Crippen molar-refractivity contribution in [2.45, 2.75) is 12.3 Å². The number of hydrogen-bond donors (Lipinski definition) is 0. The molecule has 2 unspecified atom stereocenters. The number of epoxide rings is 1. The van der Waals surface area contributed by atoms with E-state index in [0.717, 1.165) is 0 Å². The van der Waals surface area contributed by atoms with Crippen LogP contribution in [-0.4, -0.2) is 47.0 Å². The van der Waals surface area contributed by atoms with Crippen molar-refractivity contribution in [1.29, 1.82) is 0 Å². The lowest BCUT2D eigenvalue weighted by Gasteiger charge is -2.17. The van der Waals surface area contributed by atoms with Crippen LogP contribution in [0.1, 0.15) is 0 Å². The summed E-state index contributed by atoms with van der Waals surface area (Å²) < 4.78 is 5.88. The van der Waals surface area contributed by atoms with Gasteiger partial charge in [0.15, 0.2) is 12.3 Å². The van der Waals surface area contributed by atoms with Gasteiger partial charge in [-0.1, -0.05) is 0 Å². The number of carbonyl (C=O) groups excluding carboxylic acids is 1. The van der Waals surface area contributed by atoms with Gasteiger partial charge in [-0.3, -0.25) is 4.90 Å². The Morgan fingerprint density at radius 2 is 2.25 bits per heavy atom. The van der Waals surface area contributed by atoms with Crippen molar-refractivity contribution in [3.8, 4) is 0 Å². The number of hydrazone groups is 1. The van der Waals surface area contributed by atoms with Gasteiger partial charge in [0.2, 0.25) is 0 Å². The molecule has 6 heteroatoms. The molecule has 0 saturated carbocycles. The van der Waals surface area contributed by atoms with Gasteiger partial charge in [0.1, 0.15) is 4.62 Å². The van der Waals surface area contributed by atoms with E-state index in [-0.39, 0.29) is 18.4 Å². The Morgan fingerprint density at radius 3 is 2.92 bits per heavy atom. The van der Waals surface area contributed by atoms with Crippen molar-refractivity contribution in [2.24, 2.45) is 5.10 Å². The lowest BCUT2D eigenvalue weighted by Crippen LogP contribution is -2.36. The summed E-state index contributed by atoms with van der Waals surface area (Å²) in [5.41, 5.74) is 0. The maximum Gasteiger partial charge on any atom is 0.342 e. The molecule has 0 aliphatic carbocycles. The van der Waals surface area contributed by atoms with E-state index in [4.69, 9.17) is 4.74 Å². The van der Waals surface area contributed by atoms with Gasteiger partial charge >= 0.3 is 6.03 Å². The molecule has 0 N–H and O–H groups in total. The second kappa shape index (κ2) is 2.43. The van der Waals surface area contributed by atoms with Gasteiger partial charge in [-0.05, 0) is 15.9 Å². The van der Waals surface area contributed by atoms with E-state index < -0.39 is 0 Å². The monoisotopic (exact) mass is 233 g/mol. The summed E-state index contributed by atoms with van der Waals surface area (Å²) in [6.45, 7) is 0. The third kappa shape index (κ3) is 1.02. The molecule has 0 aromatic heterocycles. The van der Waals surface area contributed by atoms with Crippen molar-refractivity contribution in [2.75, 3.05) is 14.1 Å². The van der Waals surface area contributed by atoms with E-state index in [9.17, 15) is 4.79 Å². The Kier molecular flexibility index (Phi) is 1.62. The first-order valence-electron chi connectivity index (χ1n) is 3.51. The molecule has 66 valence electrons. The molecular formula is C6H8BrN3O2. The minimum atomic E-state index is -0.156. The molecule has 0 radical (unpaired) electrons. The number of carbonyl (C=O) groups is 1. The number of nitrogens with zero attached hydrogens (tertiary/aromatic N) is 3. The number of rotatable bonds is 0. The predicted octanol–water partition coefficient (Wildman–Crippen LogP) is 0.417. The van der Waals surface area contributed by atoms with Crippen LogP contribution in [0.4, 0.5) is 4.79 Å².